The van der Waals surface area contributed by atoms with Gasteiger partial charge < -0.3 is 14.1 Å². The highest BCUT2D eigenvalue weighted by molar-refractivity contribution is 5.91. The number of amides is 1. The molecule has 132 valence electrons. The van der Waals surface area contributed by atoms with Crippen molar-refractivity contribution in [1.29, 1.82) is 0 Å². The van der Waals surface area contributed by atoms with E-state index in [9.17, 15) is 4.79 Å². The van der Waals surface area contributed by atoms with Gasteiger partial charge in [0.15, 0.2) is 5.76 Å². The van der Waals surface area contributed by atoms with Crippen LogP contribution in [0.5, 0.6) is 0 Å². The molecule has 0 unspecified atom stereocenters. The molecule has 5 nitrogen and oxygen atoms in total. The van der Waals surface area contributed by atoms with Gasteiger partial charge in [0.1, 0.15) is 0 Å². The van der Waals surface area contributed by atoms with Crippen molar-refractivity contribution < 1.29 is 13.9 Å². The van der Waals surface area contributed by atoms with Crippen LogP contribution in [0.25, 0.3) is 0 Å². The Labute approximate surface area is 148 Å². The van der Waals surface area contributed by atoms with E-state index in [-0.39, 0.29) is 18.1 Å². The quantitative estimate of drug-likeness (QED) is 0.862. The summed E-state index contributed by atoms with van der Waals surface area (Å²) >= 11 is 0. The lowest BCUT2D eigenvalue weighted by molar-refractivity contribution is -0.0919. The van der Waals surface area contributed by atoms with Gasteiger partial charge in [0, 0.05) is 26.2 Å². The number of morpholine rings is 1. The molecule has 4 rings (SSSR count). The van der Waals surface area contributed by atoms with E-state index in [2.05, 4.69) is 36.1 Å². The molecule has 2 aliphatic rings. The van der Waals surface area contributed by atoms with E-state index < -0.39 is 0 Å². The number of ether oxygens (including phenoxy) is 1. The summed E-state index contributed by atoms with van der Waals surface area (Å²) in [5, 5.41) is 0. The van der Waals surface area contributed by atoms with Crippen molar-refractivity contribution in [3.8, 4) is 0 Å². The molecule has 5 heteroatoms. The Morgan fingerprint density at radius 1 is 1.20 bits per heavy atom. The van der Waals surface area contributed by atoms with Crippen molar-refractivity contribution in [1.82, 2.24) is 9.80 Å². The van der Waals surface area contributed by atoms with Crippen LogP contribution in [-0.2, 0) is 11.3 Å². The van der Waals surface area contributed by atoms with E-state index >= 15 is 0 Å². The van der Waals surface area contributed by atoms with Gasteiger partial charge in [-0.2, -0.15) is 0 Å². The highest BCUT2D eigenvalue weighted by atomic mass is 16.5. The molecular formula is C20H24N2O3. The van der Waals surface area contributed by atoms with Crippen molar-refractivity contribution in [2.24, 2.45) is 0 Å². The maximum absolute atomic E-state index is 12.8. The van der Waals surface area contributed by atoms with Crippen LogP contribution < -0.4 is 0 Å². The Morgan fingerprint density at radius 3 is 2.88 bits per heavy atom. The van der Waals surface area contributed by atoms with Gasteiger partial charge in [-0.15, -0.1) is 0 Å². The van der Waals surface area contributed by atoms with Gasteiger partial charge in [-0.3, -0.25) is 9.69 Å². The number of furan rings is 1. The first-order valence-corrected chi connectivity index (χ1v) is 8.95. The Hall–Kier alpha value is -2.11. The third kappa shape index (κ3) is 3.34. The second-order valence-corrected chi connectivity index (χ2v) is 6.90. The molecule has 2 atom stereocenters. The van der Waals surface area contributed by atoms with Gasteiger partial charge >= 0.3 is 0 Å². The molecule has 2 aliphatic heterocycles. The molecule has 0 aliphatic carbocycles. The summed E-state index contributed by atoms with van der Waals surface area (Å²) < 4.78 is 11.3. The minimum atomic E-state index is -0.0268. The normalized spacial score (nSPS) is 24.1. The van der Waals surface area contributed by atoms with E-state index in [4.69, 9.17) is 9.15 Å². The summed E-state index contributed by atoms with van der Waals surface area (Å²) in [4.78, 5) is 17.2. The number of piperidine rings is 1. The van der Waals surface area contributed by atoms with Gasteiger partial charge in [-0.25, -0.2) is 0 Å². The number of likely N-dealkylation sites (tertiary alicyclic amines) is 1. The summed E-state index contributed by atoms with van der Waals surface area (Å²) in [5.74, 6) is 0.387. The summed E-state index contributed by atoms with van der Waals surface area (Å²) in [7, 11) is 0. The van der Waals surface area contributed by atoms with Crippen LogP contribution in [0.3, 0.4) is 0 Å². The third-order valence-electron chi connectivity index (χ3n) is 5.32. The fraction of sp³-hybridized carbons (Fsp3) is 0.450. The zero-order valence-corrected chi connectivity index (χ0v) is 14.6. The molecule has 0 radical (unpaired) electrons. The van der Waals surface area contributed by atoms with Gasteiger partial charge in [-0.1, -0.05) is 24.3 Å². The van der Waals surface area contributed by atoms with Crippen LogP contribution in [0, 0.1) is 6.92 Å². The number of benzene rings is 1. The zero-order chi connectivity index (χ0) is 17.2. The number of carbonyl (C=O) groups is 1. The standard InChI is InChI=1S/C20H24N2O3/c1-15-5-2-3-6-16(15)13-21-9-8-18-17(14-21)22(10-12-25-18)20(23)19-7-4-11-24-19/h2-7,11,17-18H,8-10,12-14H2,1H3/t17-,18-/m0/s1. The topological polar surface area (TPSA) is 45.9 Å². The first-order valence-electron chi connectivity index (χ1n) is 8.95. The average Bonchev–Trinajstić information content (AvgIpc) is 3.17. The lowest BCUT2D eigenvalue weighted by atomic mass is 9.97. The number of hydrogen-bond acceptors (Lipinski definition) is 4. The van der Waals surface area contributed by atoms with Gasteiger partial charge in [0.25, 0.3) is 5.91 Å². The molecule has 0 saturated carbocycles. The maximum atomic E-state index is 12.8. The molecule has 3 heterocycles. The van der Waals surface area contributed by atoms with Crippen LogP contribution in [0.2, 0.25) is 0 Å². The molecule has 25 heavy (non-hydrogen) atoms. The number of nitrogens with zero attached hydrogens (tertiary/aromatic N) is 2. The molecular weight excluding hydrogens is 316 g/mol. The second-order valence-electron chi connectivity index (χ2n) is 6.90. The molecule has 2 fully saturated rings. The van der Waals surface area contributed by atoms with Crippen molar-refractivity contribution in [3.05, 3.63) is 59.5 Å². The predicted molar refractivity (Wildman–Crippen MR) is 94.3 cm³/mol. The number of rotatable bonds is 3. The molecule has 0 N–H and O–H groups in total. The molecule has 1 aromatic heterocycles. The largest absolute Gasteiger partial charge is 0.459 e. The Morgan fingerprint density at radius 2 is 2.08 bits per heavy atom. The molecule has 1 aromatic carbocycles. The van der Waals surface area contributed by atoms with E-state index in [1.165, 1.54) is 11.1 Å². The Bertz CT molecular complexity index is 728. The molecule has 2 saturated heterocycles. The molecule has 0 spiro atoms. The average molecular weight is 340 g/mol. The van der Waals surface area contributed by atoms with E-state index in [0.29, 0.717) is 18.9 Å². The summed E-state index contributed by atoms with van der Waals surface area (Å²) in [6, 6.07) is 12.1. The number of hydrogen-bond donors (Lipinski definition) is 0. The zero-order valence-electron chi connectivity index (χ0n) is 14.6. The molecule has 0 bridgehead atoms. The summed E-state index contributed by atoms with van der Waals surface area (Å²) in [5.41, 5.74) is 2.66. The third-order valence-corrected chi connectivity index (χ3v) is 5.32. The second kappa shape index (κ2) is 7.02. The Kier molecular flexibility index (Phi) is 4.59. The van der Waals surface area contributed by atoms with Gasteiger partial charge in [0.2, 0.25) is 0 Å². The summed E-state index contributed by atoms with van der Waals surface area (Å²) in [6.45, 7) is 6.13. The van der Waals surface area contributed by atoms with Crippen molar-refractivity contribution in [3.63, 3.8) is 0 Å². The highest BCUT2D eigenvalue weighted by Gasteiger charge is 2.40. The first-order chi connectivity index (χ1) is 12.2. The van der Waals surface area contributed by atoms with Crippen molar-refractivity contribution in [2.45, 2.75) is 32.0 Å². The fourth-order valence-corrected chi connectivity index (χ4v) is 3.90. The van der Waals surface area contributed by atoms with Crippen molar-refractivity contribution >= 4 is 5.91 Å². The van der Waals surface area contributed by atoms with E-state index in [1.54, 1.807) is 18.4 Å². The molecule has 1 amide bonds. The van der Waals surface area contributed by atoms with Crippen LogP contribution in [0.15, 0.2) is 47.1 Å². The lowest BCUT2D eigenvalue weighted by Crippen LogP contribution is -2.61. The lowest BCUT2D eigenvalue weighted by Gasteiger charge is -2.46. The SMILES string of the molecule is Cc1ccccc1CN1CC[C@@H]2OCCN(C(=O)c3ccco3)[C@H]2C1. The van der Waals surface area contributed by atoms with Gasteiger partial charge in [-0.05, 0) is 36.6 Å². The maximum Gasteiger partial charge on any atom is 0.290 e. The van der Waals surface area contributed by atoms with Crippen molar-refractivity contribution in [2.75, 3.05) is 26.2 Å². The fourth-order valence-electron chi connectivity index (χ4n) is 3.90. The molecule has 2 aromatic rings. The van der Waals surface area contributed by atoms with Crippen LogP contribution >= 0.6 is 0 Å². The monoisotopic (exact) mass is 340 g/mol. The smallest absolute Gasteiger partial charge is 0.290 e. The number of fused-ring (bicyclic) bond motifs is 1. The number of carbonyl (C=O) groups excluding carboxylic acids is 1. The minimum Gasteiger partial charge on any atom is -0.459 e. The van der Waals surface area contributed by atoms with Crippen LogP contribution in [-0.4, -0.2) is 54.1 Å². The highest BCUT2D eigenvalue weighted by Crippen LogP contribution is 2.26. The van der Waals surface area contributed by atoms with Crippen LogP contribution in [0.4, 0.5) is 0 Å². The Balaban J connectivity index is 1.49. The van der Waals surface area contributed by atoms with Gasteiger partial charge in [0.05, 0.1) is 25.0 Å². The van der Waals surface area contributed by atoms with E-state index in [0.717, 1.165) is 26.1 Å². The van der Waals surface area contributed by atoms with E-state index in [1.807, 2.05) is 4.90 Å². The van der Waals surface area contributed by atoms with Crippen LogP contribution in [0.1, 0.15) is 28.1 Å². The first kappa shape index (κ1) is 16.4. The minimum absolute atomic E-state index is 0.0268. The predicted octanol–water partition coefficient (Wildman–Crippen LogP) is 2.70. The summed E-state index contributed by atoms with van der Waals surface area (Å²) in [6.07, 6.45) is 2.63. The number of aryl methyl sites for hydroxylation is 1.